The van der Waals surface area contributed by atoms with E-state index in [1.807, 2.05) is 54.4 Å². The molecule has 0 radical (unpaired) electrons. The van der Waals surface area contributed by atoms with E-state index in [1.54, 1.807) is 6.20 Å². The van der Waals surface area contributed by atoms with Crippen molar-refractivity contribution in [2.24, 2.45) is 0 Å². The molecule has 134 valence electrons. The fourth-order valence-electron chi connectivity index (χ4n) is 2.99. The maximum atomic E-state index is 5.95. The largest absolute Gasteiger partial charge is 0.456 e. The van der Waals surface area contributed by atoms with Crippen LogP contribution in [0.15, 0.2) is 53.7 Å². The first-order valence-electron chi connectivity index (χ1n) is 8.70. The van der Waals surface area contributed by atoms with Crippen molar-refractivity contribution in [2.75, 3.05) is 13.6 Å². The van der Waals surface area contributed by atoms with Gasteiger partial charge in [0.2, 0.25) is 0 Å². The van der Waals surface area contributed by atoms with Crippen LogP contribution in [0.4, 0.5) is 0 Å². The van der Waals surface area contributed by atoms with Crippen LogP contribution in [0.25, 0.3) is 16.7 Å². The third-order valence-corrected chi connectivity index (χ3v) is 5.82. The lowest BCUT2D eigenvalue weighted by Crippen LogP contribution is -2.37. The zero-order valence-electron chi connectivity index (χ0n) is 15.1. The number of thioether (sulfide) groups is 1. The van der Waals surface area contributed by atoms with Gasteiger partial charge in [0.1, 0.15) is 22.6 Å². The smallest absolute Gasteiger partial charge is 0.146 e. The number of pyridine rings is 1. The van der Waals surface area contributed by atoms with Crippen LogP contribution in [0.5, 0.6) is 11.5 Å². The Morgan fingerprint density at radius 1 is 1.23 bits per heavy atom. The molecule has 3 aromatic rings. The summed E-state index contributed by atoms with van der Waals surface area (Å²) in [7, 11) is 2.13. The molecule has 4 rings (SSSR count). The molecule has 3 heterocycles. The second-order valence-electron chi connectivity index (χ2n) is 6.30. The Labute approximate surface area is 157 Å². The SMILES string of the molecule is CCN(C)C1NC(c2c[nH]c3ncc(Oc4ccccc4)cc23)=C(C)S1. The van der Waals surface area contributed by atoms with Crippen LogP contribution in [-0.4, -0.2) is 34.0 Å². The highest BCUT2D eigenvalue weighted by Crippen LogP contribution is 2.38. The number of H-pyrrole nitrogens is 1. The number of benzene rings is 1. The summed E-state index contributed by atoms with van der Waals surface area (Å²) in [6.07, 6.45) is 3.77. The Bertz CT molecular complexity index is 951. The monoisotopic (exact) mass is 366 g/mol. The van der Waals surface area contributed by atoms with E-state index in [0.717, 1.165) is 40.3 Å². The fraction of sp³-hybridized carbons (Fsp3) is 0.250. The van der Waals surface area contributed by atoms with Gasteiger partial charge in [-0.3, -0.25) is 4.90 Å². The number of nitrogens with zero attached hydrogens (tertiary/aromatic N) is 2. The number of allylic oxidation sites excluding steroid dienone is 1. The summed E-state index contributed by atoms with van der Waals surface area (Å²) >= 11 is 1.85. The minimum absolute atomic E-state index is 0.261. The molecule has 2 aromatic heterocycles. The third kappa shape index (κ3) is 3.18. The maximum Gasteiger partial charge on any atom is 0.146 e. The Hall–Kier alpha value is -2.44. The first-order chi connectivity index (χ1) is 12.7. The lowest BCUT2D eigenvalue weighted by molar-refractivity contribution is 0.317. The van der Waals surface area contributed by atoms with Gasteiger partial charge in [0.15, 0.2) is 0 Å². The van der Waals surface area contributed by atoms with Gasteiger partial charge in [0.25, 0.3) is 0 Å². The van der Waals surface area contributed by atoms with Crippen molar-refractivity contribution in [3.63, 3.8) is 0 Å². The predicted molar refractivity (Wildman–Crippen MR) is 108 cm³/mol. The molecule has 26 heavy (non-hydrogen) atoms. The quantitative estimate of drug-likeness (QED) is 0.690. The number of aromatic amines is 1. The zero-order valence-corrected chi connectivity index (χ0v) is 15.9. The lowest BCUT2D eigenvalue weighted by atomic mass is 10.1. The Morgan fingerprint density at radius 2 is 2.04 bits per heavy atom. The summed E-state index contributed by atoms with van der Waals surface area (Å²) in [6.45, 7) is 5.32. The van der Waals surface area contributed by atoms with E-state index in [1.165, 1.54) is 4.91 Å². The molecule has 0 saturated carbocycles. The first-order valence-corrected chi connectivity index (χ1v) is 9.58. The minimum Gasteiger partial charge on any atom is -0.456 e. The van der Waals surface area contributed by atoms with Crippen LogP contribution in [-0.2, 0) is 0 Å². The molecule has 0 amide bonds. The number of para-hydroxylation sites is 1. The number of fused-ring (bicyclic) bond motifs is 1. The average molecular weight is 366 g/mol. The van der Waals surface area contributed by atoms with Gasteiger partial charge in [0, 0.05) is 22.1 Å². The Kier molecular flexibility index (Phi) is 4.61. The summed E-state index contributed by atoms with van der Waals surface area (Å²) in [5.41, 5.74) is 3.41. The molecule has 2 N–H and O–H groups in total. The highest BCUT2D eigenvalue weighted by atomic mass is 32.2. The van der Waals surface area contributed by atoms with Crippen molar-refractivity contribution >= 4 is 28.5 Å². The highest BCUT2D eigenvalue weighted by Gasteiger charge is 2.26. The van der Waals surface area contributed by atoms with Gasteiger partial charge in [-0.2, -0.15) is 0 Å². The van der Waals surface area contributed by atoms with E-state index in [4.69, 9.17) is 4.74 Å². The van der Waals surface area contributed by atoms with Crippen molar-refractivity contribution in [3.05, 3.63) is 59.3 Å². The van der Waals surface area contributed by atoms with Gasteiger partial charge in [0.05, 0.1) is 11.9 Å². The van der Waals surface area contributed by atoms with Gasteiger partial charge < -0.3 is 15.0 Å². The maximum absolute atomic E-state index is 5.95. The molecular formula is C20H22N4OS. The van der Waals surface area contributed by atoms with Crippen LogP contribution in [0.2, 0.25) is 0 Å². The molecule has 1 aliphatic heterocycles. The standard InChI is InChI=1S/C20H22N4OS/c1-4-24(3)20-23-18(13(2)26-20)17-12-22-19-16(17)10-15(11-21-19)25-14-8-6-5-7-9-14/h5-12,20,23H,4H2,1-3H3,(H,21,22). The number of rotatable bonds is 5. The van der Waals surface area contributed by atoms with Crippen molar-refractivity contribution in [1.82, 2.24) is 20.2 Å². The zero-order chi connectivity index (χ0) is 18.1. The number of nitrogens with one attached hydrogen (secondary N) is 2. The summed E-state index contributed by atoms with van der Waals surface area (Å²) in [5, 5.41) is 4.69. The van der Waals surface area contributed by atoms with Crippen LogP contribution in [0, 0.1) is 0 Å². The molecular weight excluding hydrogens is 344 g/mol. The summed E-state index contributed by atoms with van der Waals surface area (Å²) in [6, 6.07) is 11.8. The second kappa shape index (κ2) is 7.05. The van der Waals surface area contributed by atoms with Crippen molar-refractivity contribution in [1.29, 1.82) is 0 Å². The van der Waals surface area contributed by atoms with E-state index < -0.39 is 0 Å². The fourth-order valence-corrected chi connectivity index (χ4v) is 4.11. The number of hydrogen-bond donors (Lipinski definition) is 2. The van der Waals surface area contributed by atoms with Gasteiger partial charge in [-0.25, -0.2) is 4.98 Å². The first kappa shape index (κ1) is 17.0. The topological polar surface area (TPSA) is 53.2 Å². The van der Waals surface area contributed by atoms with Gasteiger partial charge >= 0.3 is 0 Å². The van der Waals surface area contributed by atoms with E-state index in [0.29, 0.717) is 0 Å². The van der Waals surface area contributed by atoms with Crippen molar-refractivity contribution in [2.45, 2.75) is 19.3 Å². The van der Waals surface area contributed by atoms with Crippen molar-refractivity contribution in [3.8, 4) is 11.5 Å². The summed E-state index contributed by atoms with van der Waals surface area (Å²) < 4.78 is 5.95. The molecule has 1 aromatic carbocycles. The molecule has 0 aliphatic carbocycles. The lowest BCUT2D eigenvalue weighted by Gasteiger charge is -2.23. The van der Waals surface area contributed by atoms with Crippen LogP contribution in [0.1, 0.15) is 19.4 Å². The molecule has 6 heteroatoms. The predicted octanol–water partition coefficient (Wildman–Crippen LogP) is 4.62. The average Bonchev–Trinajstić information content (AvgIpc) is 3.25. The summed E-state index contributed by atoms with van der Waals surface area (Å²) in [5.74, 6) is 1.54. The highest BCUT2D eigenvalue weighted by molar-refractivity contribution is 8.04. The minimum atomic E-state index is 0.261. The van der Waals surface area contributed by atoms with Crippen LogP contribution < -0.4 is 10.1 Å². The van der Waals surface area contributed by atoms with Crippen molar-refractivity contribution < 1.29 is 4.74 Å². The van der Waals surface area contributed by atoms with E-state index in [9.17, 15) is 0 Å². The number of ether oxygens (including phenoxy) is 1. The third-order valence-electron chi connectivity index (χ3n) is 4.56. The van der Waals surface area contributed by atoms with E-state index in [2.05, 4.69) is 41.1 Å². The van der Waals surface area contributed by atoms with Gasteiger partial charge in [-0.05, 0) is 38.7 Å². The molecule has 0 spiro atoms. The van der Waals surface area contributed by atoms with Crippen LogP contribution >= 0.6 is 11.8 Å². The summed E-state index contributed by atoms with van der Waals surface area (Å²) in [4.78, 5) is 11.4. The Balaban J connectivity index is 1.66. The molecule has 0 bridgehead atoms. The molecule has 1 atom stereocenters. The molecule has 0 saturated heterocycles. The molecule has 1 aliphatic rings. The molecule has 1 unspecified atom stereocenters. The van der Waals surface area contributed by atoms with E-state index in [-0.39, 0.29) is 5.50 Å². The normalized spacial score (nSPS) is 17.2. The second-order valence-corrected chi connectivity index (χ2v) is 7.60. The molecule has 5 nitrogen and oxygen atoms in total. The molecule has 0 fully saturated rings. The Morgan fingerprint density at radius 3 is 2.81 bits per heavy atom. The van der Waals surface area contributed by atoms with Gasteiger partial charge in [-0.15, -0.1) is 0 Å². The van der Waals surface area contributed by atoms with Crippen LogP contribution in [0.3, 0.4) is 0 Å². The van der Waals surface area contributed by atoms with E-state index >= 15 is 0 Å². The number of hydrogen-bond acceptors (Lipinski definition) is 5. The van der Waals surface area contributed by atoms with Gasteiger partial charge in [-0.1, -0.05) is 36.9 Å². The number of aromatic nitrogens is 2.